The van der Waals surface area contributed by atoms with Gasteiger partial charge in [-0.2, -0.15) is 0 Å². The molecule has 2 aromatic rings. The number of benzene rings is 2. The molecule has 0 radical (unpaired) electrons. The highest BCUT2D eigenvalue weighted by Gasteiger charge is 2.42. The van der Waals surface area contributed by atoms with E-state index in [4.69, 9.17) is 4.74 Å². The van der Waals surface area contributed by atoms with Crippen LogP contribution >= 0.6 is 0 Å². The van der Waals surface area contributed by atoms with Crippen LogP contribution in [-0.4, -0.2) is 42.2 Å². The summed E-state index contributed by atoms with van der Waals surface area (Å²) in [6.07, 6.45) is 0.115. The van der Waals surface area contributed by atoms with Crippen molar-refractivity contribution in [3.63, 3.8) is 0 Å². The van der Waals surface area contributed by atoms with Crippen LogP contribution in [-0.2, 0) is 31.3 Å². The zero-order valence-electron chi connectivity index (χ0n) is 16.3. The van der Waals surface area contributed by atoms with Gasteiger partial charge in [0.1, 0.15) is 16.5 Å². The second-order valence-electron chi connectivity index (χ2n) is 6.86. The van der Waals surface area contributed by atoms with Crippen molar-refractivity contribution in [1.82, 2.24) is 4.72 Å². The van der Waals surface area contributed by atoms with E-state index >= 15 is 0 Å². The third kappa shape index (κ3) is 4.32. The second-order valence-corrected chi connectivity index (χ2v) is 10.5. The highest BCUT2D eigenvalue weighted by Crippen LogP contribution is 2.33. The monoisotopic (exact) mass is 456 g/mol. The van der Waals surface area contributed by atoms with E-state index in [2.05, 4.69) is 4.72 Å². The number of methoxy groups -OCH3 is 1. The summed E-state index contributed by atoms with van der Waals surface area (Å²) >= 11 is 0. The molecule has 1 amide bonds. The Morgan fingerprint density at radius 1 is 1.23 bits per heavy atom. The van der Waals surface area contributed by atoms with E-state index in [-0.39, 0.29) is 35.1 Å². The van der Waals surface area contributed by atoms with Crippen LogP contribution < -0.4 is 13.8 Å². The molecule has 30 heavy (non-hydrogen) atoms. The Morgan fingerprint density at radius 2 is 1.93 bits per heavy atom. The van der Waals surface area contributed by atoms with Crippen molar-refractivity contribution in [1.29, 1.82) is 0 Å². The van der Waals surface area contributed by atoms with Gasteiger partial charge in [0, 0.05) is 6.54 Å². The molecule has 162 valence electrons. The first-order chi connectivity index (χ1) is 14.1. The summed E-state index contributed by atoms with van der Waals surface area (Å²) < 4.78 is 72.1. The predicted molar refractivity (Wildman–Crippen MR) is 109 cm³/mol. The van der Waals surface area contributed by atoms with Crippen molar-refractivity contribution in [3.05, 3.63) is 53.8 Å². The van der Waals surface area contributed by atoms with Gasteiger partial charge in [-0.15, -0.1) is 0 Å². The van der Waals surface area contributed by atoms with E-state index in [0.29, 0.717) is 9.87 Å². The fourth-order valence-corrected chi connectivity index (χ4v) is 6.22. The molecule has 1 aliphatic rings. The Morgan fingerprint density at radius 3 is 2.53 bits per heavy atom. The molecule has 8 nitrogen and oxygen atoms in total. The molecule has 1 atom stereocenters. The van der Waals surface area contributed by atoms with E-state index in [1.54, 1.807) is 12.1 Å². The van der Waals surface area contributed by atoms with Gasteiger partial charge in [-0.1, -0.05) is 25.1 Å². The first-order valence-corrected chi connectivity index (χ1v) is 12.1. The number of nitrogens with zero attached hydrogens (tertiary/aromatic N) is 1. The van der Waals surface area contributed by atoms with Crippen LogP contribution in [0, 0.1) is 11.7 Å². The fourth-order valence-electron chi connectivity index (χ4n) is 3.19. The molecule has 0 aliphatic carbocycles. The Hall–Kier alpha value is -2.50. The average Bonchev–Trinajstić information content (AvgIpc) is 2.89. The van der Waals surface area contributed by atoms with E-state index in [1.165, 1.54) is 38.3 Å². The Labute approximate surface area is 174 Å². The van der Waals surface area contributed by atoms with Crippen LogP contribution in [0.4, 0.5) is 10.1 Å². The number of ether oxygens (including phenoxy) is 1. The van der Waals surface area contributed by atoms with Crippen molar-refractivity contribution >= 4 is 31.6 Å². The summed E-state index contributed by atoms with van der Waals surface area (Å²) in [6.45, 7) is 1.40. The van der Waals surface area contributed by atoms with E-state index in [9.17, 15) is 26.0 Å². The fraction of sp³-hybridized carbons (Fsp3) is 0.316. The number of carbonyl (C=O) groups is 1. The lowest BCUT2D eigenvalue weighted by atomic mass is 10.1. The lowest BCUT2D eigenvalue weighted by molar-refractivity contribution is -0.119. The molecule has 1 N–H and O–H groups in total. The van der Waals surface area contributed by atoms with Crippen molar-refractivity contribution in [2.24, 2.45) is 5.92 Å². The Kier molecular flexibility index (Phi) is 6.16. The number of nitrogens with one attached hydrogen (secondary N) is 1. The molecule has 11 heteroatoms. The minimum Gasteiger partial charge on any atom is -0.495 e. The molecule has 1 unspecified atom stereocenters. The summed E-state index contributed by atoms with van der Waals surface area (Å²) in [5.74, 6) is -2.16. The molecule has 0 saturated carbocycles. The van der Waals surface area contributed by atoms with Crippen molar-refractivity contribution in [3.8, 4) is 5.75 Å². The number of halogens is 1. The standard InChI is InChI=1S/C19H21FN2O6S2/c1-13-12-29(24,25)22(19(13)23)15-7-8-17(28-2)18(11-15)30(26,27)21-10-9-14-5-3-4-6-16(14)20/h3-8,11,13,21H,9-10,12H2,1-2H3. The van der Waals surface area contributed by atoms with Crippen molar-refractivity contribution < 1.29 is 30.8 Å². The van der Waals surface area contributed by atoms with Gasteiger partial charge in [0.25, 0.3) is 0 Å². The van der Waals surface area contributed by atoms with Crippen LogP contribution in [0.2, 0.25) is 0 Å². The van der Waals surface area contributed by atoms with Gasteiger partial charge < -0.3 is 4.74 Å². The second kappa shape index (κ2) is 8.32. The zero-order valence-corrected chi connectivity index (χ0v) is 18.0. The summed E-state index contributed by atoms with van der Waals surface area (Å²) in [4.78, 5) is 12.0. The number of sulfonamides is 2. The van der Waals surface area contributed by atoms with Gasteiger partial charge in [-0.25, -0.2) is 30.3 Å². The maximum Gasteiger partial charge on any atom is 0.244 e. The highest BCUT2D eigenvalue weighted by molar-refractivity contribution is 7.94. The first kappa shape index (κ1) is 22.2. The molecule has 2 aromatic carbocycles. The molecular formula is C19H21FN2O6S2. The van der Waals surface area contributed by atoms with Crippen molar-refractivity contribution in [2.75, 3.05) is 23.7 Å². The molecule has 0 bridgehead atoms. The van der Waals surface area contributed by atoms with Crippen LogP contribution in [0.3, 0.4) is 0 Å². The zero-order chi connectivity index (χ0) is 22.1. The summed E-state index contributed by atoms with van der Waals surface area (Å²) in [7, 11) is -6.76. The van der Waals surface area contributed by atoms with E-state index < -0.39 is 37.7 Å². The summed E-state index contributed by atoms with van der Waals surface area (Å²) in [5, 5.41) is 0. The van der Waals surface area contributed by atoms with E-state index in [1.807, 2.05) is 0 Å². The third-order valence-electron chi connectivity index (χ3n) is 4.68. The first-order valence-electron chi connectivity index (χ1n) is 9.05. The number of hydrogen-bond acceptors (Lipinski definition) is 6. The smallest absolute Gasteiger partial charge is 0.244 e. The van der Waals surface area contributed by atoms with Crippen molar-refractivity contribution in [2.45, 2.75) is 18.2 Å². The molecule has 1 saturated heterocycles. The molecule has 1 fully saturated rings. The lowest BCUT2D eigenvalue weighted by Gasteiger charge is -2.18. The quantitative estimate of drug-likeness (QED) is 0.679. The number of anilines is 1. The van der Waals surface area contributed by atoms with Gasteiger partial charge in [-0.3, -0.25) is 4.79 Å². The SMILES string of the molecule is COc1ccc(N2C(=O)C(C)CS2(=O)=O)cc1S(=O)(=O)NCCc1ccccc1F. The molecule has 3 rings (SSSR count). The maximum absolute atomic E-state index is 13.7. The minimum absolute atomic E-state index is 0.0192. The van der Waals surface area contributed by atoms with Gasteiger partial charge in [0.15, 0.2) is 0 Å². The number of hydrogen-bond donors (Lipinski definition) is 1. The van der Waals surface area contributed by atoms with Crippen LogP contribution in [0.1, 0.15) is 12.5 Å². The predicted octanol–water partition coefficient (Wildman–Crippen LogP) is 1.67. The number of amides is 1. The van der Waals surface area contributed by atoms with Gasteiger partial charge >= 0.3 is 0 Å². The maximum atomic E-state index is 13.7. The third-order valence-corrected chi connectivity index (χ3v) is 8.03. The molecule has 0 aromatic heterocycles. The largest absolute Gasteiger partial charge is 0.495 e. The minimum atomic E-state index is -4.14. The van der Waals surface area contributed by atoms with Gasteiger partial charge in [0.05, 0.1) is 24.5 Å². The summed E-state index contributed by atoms with van der Waals surface area (Å²) in [5.41, 5.74) is 0.267. The van der Waals surface area contributed by atoms with Gasteiger partial charge in [0.2, 0.25) is 26.0 Å². The Balaban J connectivity index is 1.89. The van der Waals surface area contributed by atoms with Crippen LogP contribution in [0.15, 0.2) is 47.4 Å². The Bertz CT molecular complexity index is 1180. The molecule has 1 heterocycles. The number of carbonyl (C=O) groups excluding carboxylic acids is 1. The number of rotatable bonds is 7. The highest BCUT2D eigenvalue weighted by atomic mass is 32.2. The van der Waals surface area contributed by atoms with Crippen LogP contribution in [0.5, 0.6) is 5.75 Å². The summed E-state index contributed by atoms with van der Waals surface area (Å²) in [6, 6.07) is 9.69. The normalized spacial score (nSPS) is 18.6. The van der Waals surface area contributed by atoms with Gasteiger partial charge in [-0.05, 0) is 36.2 Å². The topological polar surface area (TPSA) is 110 Å². The van der Waals surface area contributed by atoms with Crippen LogP contribution in [0.25, 0.3) is 0 Å². The average molecular weight is 457 g/mol. The lowest BCUT2D eigenvalue weighted by Crippen LogP contribution is -2.31. The van der Waals surface area contributed by atoms with E-state index in [0.717, 1.165) is 6.07 Å². The molecular weight excluding hydrogens is 435 g/mol. The molecule has 0 spiro atoms. The molecule has 1 aliphatic heterocycles.